The summed E-state index contributed by atoms with van der Waals surface area (Å²) in [4.78, 5) is 8.92. The van der Waals surface area contributed by atoms with E-state index in [1.807, 2.05) is 42.7 Å². The predicted octanol–water partition coefficient (Wildman–Crippen LogP) is 3.61. The van der Waals surface area contributed by atoms with Crippen LogP contribution in [0.3, 0.4) is 0 Å². The lowest BCUT2D eigenvalue weighted by Gasteiger charge is -2.22. The van der Waals surface area contributed by atoms with Crippen molar-refractivity contribution in [1.82, 2.24) is 14.4 Å². The average molecular weight is 266 g/mol. The van der Waals surface area contributed by atoms with Gasteiger partial charge in [0.05, 0.1) is 0 Å². The summed E-state index contributed by atoms with van der Waals surface area (Å²) in [7, 11) is 0. The molecule has 20 heavy (non-hydrogen) atoms. The Morgan fingerprint density at radius 2 is 1.95 bits per heavy atom. The largest absolute Gasteiger partial charge is 0.365 e. The lowest BCUT2D eigenvalue weighted by molar-refractivity contribution is 0.629. The fourth-order valence-corrected chi connectivity index (χ4v) is 2.17. The predicted molar refractivity (Wildman–Crippen MR) is 81.8 cm³/mol. The number of aromatic nitrogens is 3. The molecule has 0 spiro atoms. The number of pyridine rings is 2. The van der Waals surface area contributed by atoms with Gasteiger partial charge in [-0.05, 0) is 45.0 Å². The molecule has 1 N–H and O–H groups in total. The fourth-order valence-electron chi connectivity index (χ4n) is 2.17. The molecule has 0 aliphatic rings. The van der Waals surface area contributed by atoms with Crippen LogP contribution >= 0.6 is 0 Å². The van der Waals surface area contributed by atoms with Gasteiger partial charge < -0.3 is 5.32 Å². The van der Waals surface area contributed by atoms with Crippen LogP contribution in [-0.2, 0) is 0 Å². The summed E-state index contributed by atoms with van der Waals surface area (Å²) in [6.45, 7) is 6.42. The topological polar surface area (TPSA) is 42.2 Å². The highest BCUT2D eigenvalue weighted by atomic mass is 15.2. The van der Waals surface area contributed by atoms with Crippen LogP contribution in [0, 0.1) is 0 Å². The first-order valence-corrected chi connectivity index (χ1v) is 6.70. The zero-order valence-corrected chi connectivity index (χ0v) is 12.0. The lowest BCUT2D eigenvalue weighted by atomic mass is 10.1. The summed E-state index contributed by atoms with van der Waals surface area (Å²) in [6.07, 6.45) is 5.64. The van der Waals surface area contributed by atoms with Crippen molar-refractivity contribution < 1.29 is 0 Å². The van der Waals surface area contributed by atoms with Gasteiger partial charge in [0.15, 0.2) is 0 Å². The van der Waals surface area contributed by atoms with E-state index >= 15 is 0 Å². The SMILES string of the molecule is CC(C)(C)Nc1c(-c2cccnc2)nc2ccccn12. The maximum absolute atomic E-state index is 4.73. The van der Waals surface area contributed by atoms with E-state index in [0.29, 0.717) is 0 Å². The standard InChI is InChI=1S/C16H18N4/c1-16(2,3)19-15-14(12-7-6-9-17-11-12)18-13-8-4-5-10-20(13)15/h4-11,19H,1-3H3. The highest BCUT2D eigenvalue weighted by Crippen LogP contribution is 2.29. The van der Waals surface area contributed by atoms with Gasteiger partial charge in [0.25, 0.3) is 0 Å². The number of fused-ring (bicyclic) bond motifs is 1. The van der Waals surface area contributed by atoms with E-state index in [2.05, 4.69) is 35.5 Å². The molecule has 0 bridgehead atoms. The summed E-state index contributed by atoms with van der Waals surface area (Å²) >= 11 is 0. The number of anilines is 1. The molecule has 0 amide bonds. The molecule has 102 valence electrons. The number of rotatable bonds is 2. The Hall–Kier alpha value is -2.36. The average Bonchev–Trinajstić information content (AvgIpc) is 2.77. The van der Waals surface area contributed by atoms with Crippen LogP contribution in [0.25, 0.3) is 16.9 Å². The van der Waals surface area contributed by atoms with E-state index in [9.17, 15) is 0 Å². The van der Waals surface area contributed by atoms with Crippen LogP contribution < -0.4 is 5.32 Å². The van der Waals surface area contributed by atoms with Crippen LogP contribution in [-0.4, -0.2) is 19.9 Å². The van der Waals surface area contributed by atoms with Gasteiger partial charge in [0, 0.05) is 29.7 Å². The Labute approximate surface area is 118 Å². The molecule has 3 aromatic rings. The Morgan fingerprint density at radius 1 is 1.10 bits per heavy atom. The van der Waals surface area contributed by atoms with E-state index in [1.165, 1.54) is 0 Å². The molecule has 4 heteroatoms. The van der Waals surface area contributed by atoms with Gasteiger partial charge in [-0.3, -0.25) is 9.38 Å². The van der Waals surface area contributed by atoms with E-state index < -0.39 is 0 Å². The molecule has 0 atom stereocenters. The summed E-state index contributed by atoms with van der Waals surface area (Å²) in [6, 6.07) is 9.97. The molecule has 0 aromatic carbocycles. The molecule has 0 saturated carbocycles. The van der Waals surface area contributed by atoms with Gasteiger partial charge in [0.2, 0.25) is 0 Å². The van der Waals surface area contributed by atoms with Crippen LogP contribution in [0.1, 0.15) is 20.8 Å². The molecule has 4 nitrogen and oxygen atoms in total. The Morgan fingerprint density at radius 3 is 2.65 bits per heavy atom. The van der Waals surface area contributed by atoms with Crippen LogP contribution in [0.4, 0.5) is 5.82 Å². The highest BCUT2D eigenvalue weighted by Gasteiger charge is 2.18. The number of nitrogens with zero attached hydrogens (tertiary/aromatic N) is 3. The molecule has 0 fully saturated rings. The van der Waals surface area contributed by atoms with E-state index in [-0.39, 0.29) is 5.54 Å². The zero-order chi connectivity index (χ0) is 14.2. The number of hydrogen-bond acceptors (Lipinski definition) is 3. The molecule has 0 radical (unpaired) electrons. The summed E-state index contributed by atoms with van der Waals surface area (Å²) in [5.41, 5.74) is 2.84. The molecule has 3 rings (SSSR count). The van der Waals surface area contributed by atoms with Crippen molar-refractivity contribution in [1.29, 1.82) is 0 Å². The van der Waals surface area contributed by atoms with Crippen molar-refractivity contribution in [3.8, 4) is 11.3 Å². The minimum absolute atomic E-state index is 0.0389. The van der Waals surface area contributed by atoms with Crippen LogP contribution in [0.15, 0.2) is 48.9 Å². The van der Waals surface area contributed by atoms with Gasteiger partial charge in [-0.2, -0.15) is 0 Å². The number of nitrogens with one attached hydrogen (secondary N) is 1. The molecule has 3 heterocycles. The zero-order valence-electron chi connectivity index (χ0n) is 12.0. The normalized spacial score (nSPS) is 11.8. The quantitative estimate of drug-likeness (QED) is 0.770. The van der Waals surface area contributed by atoms with Crippen molar-refractivity contribution in [3.63, 3.8) is 0 Å². The third-order valence-electron chi connectivity index (χ3n) is 2.96. The molecule has 0 aliphatic carbocycles. The van der Waals surface area contributed by atoms with Crippen LogP contribution in [0.5, 0.6) is 0 Å². The van der Waals surface area contributed by atoms with E-state index in [4.69, 9.17) is 4.98 Å². The first-order valence-electron chi connectivity index (χ1n) is 6.70. The molecular weight excluding hydrogens is 248 g/mol. The van der Waals surface area contributed by atoms with Gasteiger partial charge in [-0.1, -0.05) is 6.07 Å². The van der Waals surface area contributed by atoms with Crippen molar-refractivity contribution in [2.24, 2.45) is 0 Å². The molecule has 0 unspecified atom stereocenters. The lowest BCUT2D eigenvalue weighted by Crippen LogP contribution is -2.27. The first-order chi connectivity index (χ1) is 9.54. The Bertz CT molecular complexity index is 723. The molecule has 0 saturated heterocycles. The summed E-state index contributed by atoms with van der Waals surface area (Å²) in [5, 5.41) is 3.54. The highest BCUT2D eigenvalue weighted by molar-refractivity contribution is 5.76. The number of hydrogen-bond donors (Lipinski definition) is 1. The Kier molecular flexibility index (Phi) is 2.93. The van der Waals surface area contributed by atoms with E-state index in [0.717, 1.165) is 22.7 Å². The van der Waals surface area contributed by atoms with Crippen molar-refractivity contribution in [3.05, 3.63) is 48.9 Å². The van der Waals surface area contributed by atoms with E-state index in [1.54, 1.807) is 6.20 Å². The van der Waals surface area contributed by atoms with Gasteiger partial charge >= 0.3 is 0 Å². The van der Waals surface area contributed by atoms with Gasteiger partial charge in [-0.15, -0.1) is 0 Å². The second-order valence-corrected chi connectivity index (χ2v) is 5.85. The summed E-state index contributed by atoms with van der Waals surface area (Å²) in [5.74, 6) is 1.00. The molecular formula is C16H18N4. The van der Waals surface area contributed by atoms with Crippen molar-refractivity contribution in [2.75, 3.05) is 5.32 Å². The fraction of sp³-hybridized carbons (Fsp3) is 0.250. The van der Waals surface area contributed by atoms with Crippen LogP contribution in [0.2, 0.25) is 0 Å². The smallest absolute Gasteiger partial charge is 0.139 e. The monoisotopic (exact) mass is 266 g/mol. The second kappa shape index (κ2) is 4.63. The third kappa shape index (κ3) is 2.37. The first kappa shape index (κ1) is 12.7. The summed E-state index contributed by atoms with van der Waals surface area (Å²) < 4.78 is 2.08. The minimum Gasteiger partial charge on any atom is -0.365 e. The van der Waals surface area contributed by atoms with Gasteiger partial charge in [-0.25, -0.2) is 4.98 Å². The minimum atomic E-state index is -0.0389. The maximum atomic E-state index is 4.73. The maximum Gasteiger partial charge on any atom is 0.139 e. The third-order valence-corrected chi connectivity index (χ3v) is 2.96. The molecule has 3 aromatic heterocycles. The molecule has 0 aliphatic heterocycles. The second-order valence-electron chi connectivity index (χ2n) is 5.85. The Balaban J connectivity index is 2.23. The number of imidazole rings is 1. The van der Waals surface area contributed by atoms with Crippen molar-refractivity contribution >= 4 is 11.5 Å². The van der Waals surface area contributed by atoms with Crippen molar-refractivity contribution in [2.45, 2.75) is 26.3 Å². The van der Waals surface area contributed by atoms with Gasteiger partial charge in [0.1, 0.15) is 17.2 Å².